The Labute approximate surface area is 114 Å². The van der Waals surface area contributed by atoms with E-state index in [-0.39, 0.29) is 23.6 Å². The fraction of sp³-hybridized carbons (Fsp3) is 0.462. The van der Waals surface area contributed by atoms with E-state index in [4.69, 9.17) is 5.73 Å². The predicted molar refractivity (Wildman–Crippen MR) is 67.1 cm³/mol. The monoisotopic (exact) mass is 288 g/mol. The number of para-hydroxylation sites is 2. The molecule has 1 aromatic rings. The Morgan fingerprint density at radius 2 is 2.00 bits per heavy atom. The lowest BCUT2D eigenvalue weighted by Gasteiger charge is -2.15. The second-order valence-electron chi connectivity index (χ2n) is 4.80. The predicted octanol–water partition coefficient (Wildman–Crippen LogP) is 2.65. The largest absolute Gasteiger partial charge is 0.573 e. The zero-order valence-corrected chi connectivity index (χ0v) is 10.6. The van der Waals surface area contributed by atoms with Crippen molar-refractivity contribution in [3.63, 3.8) is 0 Å². The number of anilines is 1. The lowest BCUT2D eigenvalue weighted by molar-refractivity contribution is -0.274. The number of nitrogens with two attached hydrogens (primary N) is 1. The molecule has 1 aliphatic rings. The Bertz CT molecular complexity index is 491. The van der Waals surface area contributed by atoms with Crippen molar-refractivity contribution in [2.45, 2.75) is 31.7 Å². The maximum Gasteiger partial charge on any atom is 0.573 e. The van der Waals surface area contributed by atoms with Gasteiger partial charge in [0.2, 0.25) is 5.91 Å². The van der Waals surface area contributed by atoms with Crippen LogP contribution in [0.25, 0.3) is 0 Å². The average Bonchev–Trinajstić information content (AvgIpc) is 2.77. The highest BCUT2D eigenvalue weighted by Crippen LogP contribution is 2.31. The first-order chi connectivity index (χ1) is 9.35. The molecular formula is C13H15F3N2O2. The maximum absolute atomic E-state index is 12.3. The fourth-order valence-corrected chi connectivity index (χ4v) is 2.27. The summed E-state index contributed by atoms with van der Waals surface area (Å²) in [5.74, 6) is -1.00. The minimum Gasteiger partial charge on any atom is -0.404 e. The zero-order chi connectivity index (χ0) is 14.8. The lowest BCUT2D eigenvalue weighted by Crippen LogP contribution is -2.24. The SMILES string of the molecule is NC1CCC(C(=O)Nc2ccccc2OC(F)(F)F)C1. The summed E-state index contributed by atoms with van der Waals surface area (Å²) in [6.45, 7) is 0. The van der Waals surface area contributed by atoms with E-state index >= 15 is 0 Å². The summed E-state index contributed by atoms with van der Waals surface area (Å²) in [5, 5.41) is 2.48. The highest BCUT2D eigenvalue weighted by molar-refractivity contribution is 5.94. The number of carbonyl (C=O) groups excluding carboxylic acids is 1. The first kappa shape index (κ1) is 14.6. The van der Waals surface area contributed by atoms with Gasteiger partial charge < -0.3 is 15.8 Å². The van der Waals surface area contributed by atoms with Crippen LogP contribution in [0, 0.1) is 5.92 Å². The molecule has 1 aromatic carbocycles. The average molecular weight is 288 g/mol. The van der Waals surface area contributed by atoms with Crippen molar-refractivity contribution in [3.8, 4) is 5.75 Å². The molecule has 0 aliphatic heterocycles. The fourth-order valence-electron chi connectivity index (χ4n) is 2.27. The van der Waals surface area contributed by atoms with Crippen molar-refractivity contribution in [1.29, 1.82) is 0 Å². The molecule has 20 heavy (non-hydrogen) atoms. The molecule has 4 nitrogen and oxygen atoms in total. The van der Waals surface area contributed by atoms with Crippen LogP contribution in [0.5, 0.6) is 5.75 Å². The van der Waals surface area contributed by atoms with E-state index in [9.17, 15) is 18.0 Å². The molecule has 1 aliphatic carbocycles. The normalized spacial score (nSPS) is 22.6. The first-order valence-corrected chi connectivity index (χ1v) is 6.26. The number of benzene rings is 1. The van der Waals surface area contributed by atoms with Crippen molar-refractivity contribution in [1.82, 2.24) is 0 Å². The van der Waals surface area contributed by atoms with Crippen LogP contribution in [0.2, 0.25) is 0 Å². The molecule has 0 spiro atoms. The number of carbonyl (C=O) groups is 1. The number of amides is 1. The van der Waals surface area contributed by atoms with E-state index in [0.29, 0.717) is 12.8 Å². The van der Waals surface area contributed by atoms with Crippen LogP contribution >= 0.6 is 0 Å². The number of rotatable bonds is 3. The van der Waals surface area contributed by atoms with E-state index < -0.39 is 12.1 Å². The van der Waals surface area contributed by atoms with Crippen LogP contribution in [-0.2, 0) is 4.79 Å². The van der Waals surface area contributed by atoms with Gasteiger partial charge in [-0.3, -0.25) is 4.79 Å². The second kappa shape index (κ2) is 5.70. The van der Waals surface area contributed by atoms with Crippen molar-refractivity contribution < 1.29 is 22.7 Å². The Hall–Kier alpha value is -1.76. The third kappa shape index (κ3) is 3.86. The van der Waals surface area contributed by atoms with Crippen molar-refractivity contribution in [3.05, 3.63) is 24.3 Å². The summed E-state index contributed by atoms with van der Waals surface area (Å²) in [4.78, 5) is 12.0. The van der Waals surface area contributed by atoms with Gasteiger partial charge in [-0.05, 0) is 31.4 Å². The van der Waals surface area contributed by atoms with E-state index in [1.54, 1.807) is 0 Å². The summed E-state index contributed by atoms with van der Waals surface area (Å²) in [6, 6.07) is 5.44. The molecule has 0 radical (unpaired) electrons. The number of hydrogen-bond acceptors (Lipinski definition) is 3. The summed E-state index contributed by atoms with van der Waals surface area (Å²) in [6.07, 6.45) is -2.85. The molecule has 0 bridgehead atoms. The molecule has 2 unspecified atom stereocenters. The molecule has 0 aromatic heterocycles. The number of ether oxygens (including phenoxy) is 1. The smallest absolute Gasteiger partial charge is 0.404 e. The summed E-state index contributed by atoms with van der Waals surface area (Å²) in [5.41, 5.74) is 5.73. The molecule has 1 saturated carbocycles. The minimum absolute atomic E-state index is 0.00953. The summed E-state index contributed by atoms with van der Waals surface area (Å²) < 4.78 is 40.7. The standard InChI is InChI=1S/C13H15F3N2O2/c14-13(15,16)20-11-4-2-1-3-10(11)18-12(19)8-5-6-9(17)7-8/h1-4,8-9H,5-7,17H2,(H,18,19). The van der Waals surface area contributed by atoms with Gasteiger partial charge in [0.1, 0.15) is 0 Å². The summed E-state index contributed by atoms with van der Waals surface area (Å²) >= 11 is 0. The third-order valence-corrected chi connectivity index (χ3v) is 3.21. The van der Waals surface area contributed by atoms with Gasteiger partial charge in [-0.1, -0.05) is 12.1 Å². The van der Waals surface area contributed by atoms with E-state index in [1.165, 1.54) is 18.2 Å². The molecule has 1 amide bonds. The molecule has 0 heterocycles. The number of nitrogens with one attached hydrogen (secondary N) is 1. The molecule has 2 rings (SSSR count). The molecule has 0 saturated heterocycles. The highest BCUT2D eigenvalue weighted by Gasteiger charge is 2.33. The van der Waals surface area contributed by atoms with Gasteiger partial charge in [0, 0.05) is 12.0 Å². The van der Waals surface area contributed by atoms with Gasteiger partial charge in [0.15, 0.2) is 5.75 Å². The lowest BCUT2D eigenvalue weighted by atomic mass is 10.1. The molecule has 3 N–H and O–H groups in total. The molecular weight excluding hydrogens is 273 g/mol. The second-order valence-corrected chi connectivity index (χ2v) is 4.80. The minimum atomic E-state index is -4.80. The molecule has 1 fully saturated rings. The van der Waals surface area contributed by atoms with Gasteiger partial charge >= 0.3 is 6.36 Å². The van der Waals surface area contributed by atoms with Crippen LogP contribution < -0.4 is 15.8 Å². The van der Waals surface area contributed by atoms with Crippen LogP contribution in [-0.4, -0.2) is 18.3 Å². The highest BCUT2D eigenvalue weighted by atomic mass is 19.4. The molecule has 7 heteroatoms. The topological polar surface area (TPSA) is 64.4 Å². The number of alkyl halides is 3. The van der Waals surface area contributed by atoms with E-state index in [2.05, 4.69) is 10.1 Å². The first-order valence-electron chi connectivity index (χ1n) is 6.26. The van der Waals surface area contributed by atoms with E-state index in [0.717, 1.165) is 12.5 Å². The third-order valence-electron chi connectivity index (χ3n) is 3.21. The Morgan fingerprint density at radius 3 is 2.60 bits per heavy atom. The van der Waals surface area contributed by atoms with Crippen molar-refractivity contribution >= 4 is 11.6 Å². The van der Waals surface area contributed by atoms with Crippen LogP contribution in [0.1, 0.15) is 19.3 Å². The van der Waals surface area contributed by atoms with Gasteiger partial charge in [0.25, 0.3) is 0 Å². The van der Waals surface area contributed by atoms with E-state index in [1.807, 2.05) is 0 Å². The Balaban J connectivity index is 2.07. The summed E-state index contributed by atoms with van der Waals surface area (Å²) in [7, 11) is 0. The molecule has 2 atom stereocenters. The van der Waals surface area contributed by atoms with Gasteiger partial charge in [-0.15, -0.1) is 13.2 Å². The maximum atomic E-state index is 12.3. The van der Waals surface area contributed by atoms with Crippen LogP contribution in [0.4, 0.5) is 18.9 Å². The van der Waals surface area contributed by atoms with Gasteiger partial charge in [-0.25, -0.2) is 0 Å². The zero-order valence-electron chi connectivity index (χ0n) is 10.6. The van der Waals surface area contributed by atoms with Crippen molar-refractivity contribution in [2.24, 2.45) is 11.7 Å². The Morgan fingerprint density at radius 1 is 1.30 bits per heavy atom. The molecule has 110 valence electrons. The number of hydrogen-bond donors (Lipinski definition) is 2. The van der Waals surface area contributed by atoms with Crippen molar-refractivity contribution in [2.75, 3.05) is 5.32 Å². The number of halogens is 3. The Kier molecular flexibility index (Phi) is 4.17. The van der Waals surface area contributed by atoms with Crippen LogP contribution in [0.15, 0.2) is 24.3 Å². The van der Waals surface area contributed by atoms with Gasteiger partial charge in [0.05, 0.1) is 5.69 Å². The van der Waals surface area contributed by atoms with Gasteiger partial charge in [-0.2, -0.15) is 0 Å². The quantitative estimate of drug-likeness (QED) is 0.898. The van der Waals surface area contributed by atoms with Crippen LogP contribution in [0.3, 0.4) is 0 Å².